The van der Waals surface area contributed by atoms with Crippen LogP contribution in [0.1, 0.15) is 31.2 Å². The highest BCUT2D eigenvalue weighted by Gasteiger charge is 2.36. The first-order valence-electron chi connectivity index (χ1n) is 6.56. The molecule has 20 heavy (non-hydrogen) atoms. The van der Waals surface area contributed by atoms with Crippen LogP contribution in [0.5, 0.6) is 0 Å². The van der Waals surface area contributed by atoms with Crippen LogP contribution in [0.3, 0.4) is 0 Å². The summed E-state index contributed by atoms with van der Waals surface area (Å²) in [4.78, 5) is 15.6. The van der Waals surface area contributed by atoms with Crippen molar-refractivity contribution < 1.29 is 14.9 Å². The maximum absolute atomic E-state index is 11.4. The Labute approximate surface area is 128 Å². The van der Waals surface area contributed by atoms with Gasteiger partial charge in [-0.15, -0.1) is 0 Å². The lowest BCUT2D eigenvalue weighted by Gasteiger charge is -2.38. The molecule has 1 heterocycles. The van der Waals surface area contributed by atoms with Crippen LogP contribution >= 0.6 is 23.2 Å². The van der Waals surface area contributed by atoms with Crippen molar-refractivity contribution in [2.45, 2.75) is 31.1 Å². The predicted molar refractivity (Wildman–Crippen MR) is 78.2 cm³/mol. The first-order valence-corrected chi connectivity index (χ1v) is 7.32. The normalized spacial score (nSPS) is 22.6. The summed E-state index contributed by atoms with van der Waals surface area (Å²) in [5.74, 6) is 0.0686. The first-order chi connectivity index (χ1) is 9.57. The van der Waals surface area contributed by atoms with Crippen molar-refractivity contribution in [1.82, 2.24) is 5.32 Å². The Morgan fingerprint density at radius 2 is 2.15 bits per heavy atom. The minimum Gasteiger partial charge on any atom is -0.355 e. The molecule has 0 spiro atoms. The van der Waals surface area contributed by atoms with E-state index >= 15 is 0 Å². The second-order valence-electron chi connectivity index (χ2n) is 5.12. The highest BCUT2D eigenvalue weighted by molar-refractivity contribution is 6.42. The molecule has 4 nitrogen and oxygen atoms in total. The lowest BCUT2D eigenvalue weighted by atomic mass is 9.71. The maximum Gasteiger partial charge on any atom is 0.220 e. The molecule has 0 radical (unpaired) electrons. The monoisotopic (exact) mass is 317 g/mol. The lowest BCUT2D eigenvalue weighted by Crippen LogP contribution is -2.46. The predicted octanol–water partition coefficient (Wildman–Crippen LogP) is 3.41. The highest BCUT2D eigenvalue weighted by Crippen LogP contribution is 2.38. The van der Waals surface area contributed by atoms with Crippen LogP contribution in [0, 0.1) is 0 Å². The highest BCUT2D eigenvalue weighted by atomic mass is 35.5. The summed E-state index contributed by atoms with van der Waals surface area (Å²) in [5, 5.41) is 12.4. The third-order valence-corrected chi connectivity index (χ3v) is 4.62. The van der Waals surface area contributed by atoms with Gasteiger partial charge >= 0.3 is 0 Å². The Hall–Kier alpha value is -0.810. The molecular weight excluding hydrogens is 301 g/mol. The van der Waals surface area contributed by atoms with Crippen LogP contribution < -0.4 is 5.32 Å². The van der Waals surface area contributed by atoms with Crippen LogP contribution in [0.4, 0.5) is 0 Å². The van der Waals surface area contributed by atoms with E-state index in [1.165, 1.54) is 0 Å². The van der Waals surface area contributed by atoms with Gasteiger partial charge in [0.15, 0.2) is 0 Å². The molecule has 1 saturated heterocycles. The van der Waals surface area contributed by atoms with Crippen molar-refractivity contribution in [3.63, 3.8) is 0 Å². The number of rotatable bonds is 5. The van der Waals surface area contributed by atoms with Gasteiger partial charge in [0.1, 0.15) is 0 Å². The van der Waals surface area contributed by atoms with Gasteiger partial charge in [0.25, 0.3) is 0 Å². The molecule has 0 saturated carbocycles. The Morgan fingerprint density at radius 1 is 1.35 bits per heavy atom. The summed E-state index contributed by atoms with van der Waals surface area (Å²) in [5.41, 5.74) is 0.880. The SMILES string of the molecule is O=C1CCC(CCCOO)(c2ccc(Cl)c(Cl)c2)CN1. The molecule has 1 aromatic carbocycles. The smallest absolute Gasteiger partial charge is 0.220 e. The van der Waals surface area contributed by atoms with E-state index in [2.05, 4.69) is 10.2 Å². The average Bonchev–Trinajstić information content (AvgIpc) is 2.45. The minimum absolute atomic E-state index is 0.0686. The van der Waals surface area contributed by atoms with E-state index in [1.54, 1.807) is 6.07 Å². The van der Waals surface area contributed by atoms with Gasteiger partial charge in [-0.25, -0.2) is 4.89 Å². The van der Waals surface area contributed by atoms with Crippen LogP contribution in [-0.4, -0.2) is 24.3 Å². The van der Waals surface area contributed by atoms with E-state index < -0.39 is 0 Å². The average molecular weight is 318 g/mol. The molecule has 1 aliphatic rings. The van der Waals surface area contributed by atoms with E-state index in [-0.39, 0.29) is 17.9 Å². The van der Waals surface area contributed by atoms with Gasteiger partial charge in [-0.3, -0.25) is 10.1 Å². The summed E-state index contributed by atoms with van der Waals surface area (Å²) in [6, 6.07) is 5.59. The minimum atomic E-state index is -0.180. The molecule has 6 heteroatoms. The zero-order valence-electron chi connectivity index (χ0n) is 11.0. The number of halogens is 2. The van der Waals surface area contributed by atoms with Gasteiger partial charge in [-0.05, 0) is 37.0 Å². The summed E-state index contributed by atoms with van der Waals surface area (Å²) < 4.78 is 0. The van der Waals surface area contributed by atoms with Crippen LogP contribution in [-0.2, 0) is 15.1 Å². The van der Waals surface area contributed by atoms with Gasteiger partial charge in [-0.1, -0.05) is 29.3 Å². The number of hydrogen-bond acceptors (Lipinski definition) is 3. The fourth-order valence-corrected chi connectivity index (χ4v) is 3.00. The molecule has 0 aromatic heterocycles. The molecule has 110 valence electrons. The van der Waals surface area contributed by atoms with Crippen molar-refractivity contribution in [3.8, 4) is 0 Å². The number of hydrogen-bond donors (Lipinski definition) is 2. The molecule has 2 rings (SSSR count). The molecule has 0 bridgehead atoms. The topological polar surface area (TPSA) is 58.6 Å². The van der Waals surface area contributed by atoms with E-state index in [1.807, 2.05) is 12.1 Å². The zero-order chi connectivity index (χ0) is 14.6. The van der Waals surface area contributed by atoms with E-state index in [0.29, 0.717) is 29.4 Å². The van der Waals surface area contributed by atoms with E-state index in [4.69, 9.17) is 28.5 Å². The van der Waals surface area contributed by atoms with Gasteiger partial charge in [0, 0.05) is 18.4 Å². The number of carbonyl (C=O) groups excluding carboxylic acids is 1. The quantitative estimate of drug-likeness (QED) is 0.497. The number of benzene rings is 1. The molecule has 1 atom stereocenters. The van der Waals surface area contributed by atoms with Crippen molar-refractivity contribution in [3.05, 3.63) is 33.8 Å². The third-order valence-electron chi connectivity index (χ3n) is 3.88. The number of amides is 1. The van der Waals surface area contributed by atoms with Crippen molar-refractivity contribution in [1.29, 1.82) is 0 Å². The number of carbonyl (C=O) groups is 1. The third kappa shape index (κ3) is 3.44. The number of piperidine rings is 1. The summed E-state index contributed by atoms with van der Waals surface area (Å²) >= 11 is 12.1. The molecule has 1 aliphatic heterocycles. The van der Waals surface area contributed by atoms with Gasteiger partial charge in [0.05, 0.1) is 16.7 Å². The van der Waals surface area contributed by atoms with Crippen LogP contribution in [0.15, 0.2) is 18.2 Å². The molecule has 1 aromatic rings. The van der Waals surface area contributed by atoms with Crippen LogP contribution in [0.25, 0.3) is 0 Å². The maximum atomic E-state index is 11.4. The fraction of sp³-hybridized carbons (Fsp3) is 0.500. The largest absolute Gasteiger partial charge is 0.355 e. The molecule has 0 aliphatic carbocycles. The molecule has 2 N–H and O–H groups in total. The second kappa shape index (κ2) is 6.76. The summed E-state index contributed by atoms with van der Waals surface area (Å²) in [7, 11) is 0. The molecular formula is C14H17Cl2NO3. The van der Waals surface area contributed by atoms with E-state index in [9.17, 15) is 4.79 Å². The summed E-state index contributed by atoms with van der Waals surface area (Å²) in [6.07, 6.45) is 2.74. The van der Waals surface area contributed by atoms with Gasteiger partial charge in [-0.2, -0.15) is 0 Å². The Kier molecular flexibility index (Phi) is 5.27. The van der Waals surface area contributed by atoms with Crippen molar-refractivity contribution >= 4 is 29.1 Å². The van der Waals surface area contributed by atoms with Gasteiger partial charge < -0.3 is 5.32 Å². The van der Waals surface area contributed by atoms with Gasteiger partial charge in [0.2, 0.25) is 5.91 Å². The lowest BCUT2D eigenvalue weighted by molar-refractivity contribution is -0.243. The Bertz CT molecular complexity index is 483. The van der Waals surface area contributed by atoms with Crippen molar-refractivity contribution in [2.24, 2.45) is 0 Å². The van der Waals surface area contributed by atoms with Crippen molar-refractivity contribution in [2.75, 3.05) is 13.2 Å². The number of nitrogens with one attached hydrogen (secondary N) is 1. The van der Waals surface area contributed by atoms with Crippen LogP contribution in [0.2, 0.25) is 10.0 Å². The zero-order valence-corrected chi connectivity index (χ0v) is 12.5. The molecule has 1 unspecified atom stereocenters. The molecule has 1 fully saturated rings. The Balaban J connectivity index is 2.25. The second-order valence-corrected chi connectivity index (χ2v) is 5.94. The van der Waals surface area contributed by atoms with E-state index in [0.717, 1.165) is 18.4 Å². The Morgan fingerprint density at radius 3 is 2.75 bits per heavy atom. The summed E-state index contributed by atoms with van der Waals surface area (Å²) in [6.45, 7) is 0.840. The molecule has 1 amide bonds. The first kappa shape index (κ1) is 15.6. The fourth-order valence-electron chi connectivity index (χ4n) is 2.70. The standard InChI is InChI=1S/C14H17Cl2NO3/c15-11-3-2-10(8-12(11)16)14(5-1-7-20-19)6-4-13(18)17-9-14/h2-3,8,19H,1,4-7,9H2,(H,17,18).